The summed E-state index contributed by atoms with van der Waals surface area (Å²) in [6.45, 7) is 3.70. The summed E-state index contributed by atoms with van der Waals surface area (Å²) in [5, 5.41) is 20.0. The zero-order valence-electron chi connectivity index (χ0n) is 31.7. The van der Waals surface area contributed by atoms with Crippen molar-refractivity contribution in [3.8, 4) is 28.1 Å². The Labute approximate surface area is 336 Å². The van der Waals surface area contributed by atoms with Crippen LogP contribution in [0.2, 0.25) is 10.0 Å². The van der Waals surface area contributed by atoms with Crippen LogP contribution in [-0.2, 0) is 36.1 Å². The molecule has 2 aliphatic heterocycles. The first-order valence-electron chi connectivity index (χ1n) is 19.4. The lowest BCUT2D eigenvalue weighted by molar-refractivity contribution is -0.148. The van der Waals surface area contributed by atoms with Gasteiger partial charge >= 0.3 is 5.97 Å². The molecule has 1 atom stereocenters. The highest BCUT2D eigenvalue weighted by atomic mass is 35.5. The third kappa shape index (κ3) is 7.28. The van der Waals surface area contributed by atoms with Crippen molar-refractivity contribution in [1.29, 1.82) is 0 Å². The smallest absolute Gasteiger partial charge is 0.309 e. The number of carbonyl (C=O) groups is 3. The number of carbonyl (C=O) groups excluding carboxylic acids is 2. The number of aromatic nitrogens is 3. The second kappa shape index (κ2) is 15.5. The van der Waals surface area contributed by atoms with Crippen LogP contribution in [0.15, 0.2) is 48.7 Å². The molecule has 1 saturated heterocycles. The van der Waals surface area contributed by atoms with Crippen molar-refractivity contribution in [2.45, 2.75) is 76.9 Å². The molecule has 2 amide bonds. The minimum atomic E-state index is -0.624. The fourth-order valence-electron chi connectivity index (χ4n) is 9.41. The van der Waals surface area contributed by atoms with Gasteiger partial charge in [-0.25, -0.2) is 4.98 Å². The molecular weight excluding hydrogens is 753 g/mol. The van der Waals surface area contributed by atoms with Crippen molar-refractivity contribution in [1.82, 2.24) is 30.1 Å². The number of hydrogen-bond donors (Lipinski definition) is 4. The van der Waals surface area contributed by atoms with Crippen LogP contribution in [-0.4, -0.2) is 75.1 Å². The van der Waals surface area contributed by atoms with Crippen molar-refractivity contribution in [2.75, 3.05) is 32.1 Å². The SMILES string of the molecule is COc1cc(-c2nccc(-c3cccc(NC(=O)c4nc5c(n4C)CN(CCC46CCC(C(=O)O)(CC4)C6)CC5)c3Cl)c2Cl)ccc1CNC[C@H]1CCC(=O)N1. The van der Waals surface area contributed by atoms with Crippen molar-refractivity contribution >= 4 is 46.7 Å². The number of carboxylic acid groups (broad SMARTS) is 1. The Kier molecular flexibility index (Phi) is 10.6. The molecule has 8 rings (SSSR count). The summed E-state index contributed by atoms with van der Waals surface area (Å²) in [5.41, 5.74) is 5.63. The highest BCUT2D eigenvalue weighted by Crippen LogP contribution is 2.63. The Morgan fingerprint density at radius 1 is 1.07 bits per heavy atom. The fraction of sp³-hybridized carbons (Fsp3) is 0.452. The number of aliphatic carboxylic acids is 1. The highest BCUT2D eigenvalue weighted by Gasteiger charge is 2.57. The van der Waals surface area contributed by atoms with Crippen molar-refractivity contribution in [3.63, 3.8) is 0 Å². The summed E-state index contributed by atoms with van der Waals surface area (Å²) < 4.78 is 7.61. The Morgan fingerprint density at radius 2 is 1.88 bits per heavy atom. The van der Waals surface area contributed by atoms with Crippen molar-refractivity contribution in [2.24, 2.45) is 17.9 Å². The van der Waals surface area contributed by atoms with Crippen LogP contribution >= 0.6 is 23.2 Å². The minimum absolute atomic E-state index is 0.0935. The Balaban J connectivity index is 0.941. The van der Waals surface area contributed by atoms with Gasteiger partial charge in [-0.3, -0.25) is 24.3 Å². The van der Waals surface area contributed by atoms with Crippen molar-refractivity contribution < 1.29 is 24.2 Å². The van der Waals surface area contributed by atoms with Gasteiger partial charge in [0.05, 0.1) is 45.3 Å². The van der Waals surface area contributed by atoms with Crippen molar-refractivity contribution in [3.05, 3.63) is 81.5 Å². The normalized spacial score (nSPS) is 22.9. The third-order valence-electron chi connectivity index (χ3n) is 12.7. The van der Waals surface area contributed by atoms with Crippen LogP contribution in [0.3, 0.4) is 0 Å². The van der Waals surface area contributed by atoms with E-state index in [0.29, 0.717) is 70.2 Å². The summed E-state index contributed by atoms with van der Waals surface area (Å²) in [6.07, 6.45) is 9.22. The molecule has 0 unspecified atom stereocenters. The van der Waals surface area contributed by atoms with Gasteiger partial charge in [-0.05, 0) is 75.1 Å². The van der Waals surface area contributed by atoms with E-state index < -0.39 is 11.4 Å². The van der Waals surface area contributed by atoms with Crippen LogP contribution in [0, 0.1) is 10.8 Å². The molecule has 2 aliphatic carbocycles. The number of anilines is 1. The van der Waals surface area contributed by atoms with E-state index in [1.54, 1.807) is 25.4 Å². The van der Waals surface area contributed by atoms with Gasteiger partial charge in [0.25, 0.3) is 5.91 Å². The zero-order chi connectivity index (χ0) is 39.2. The molecule has 2 bridgehead atoms. The van der Waals surface area contributed by atoms with Crippen LogP contribution in [0.25, 0.3) is 22.4 Å². The van der Waals surface area contributed by atoms with Gasteiger partial charge < -0.3 is 30.4 Å². The quantitative estimate of drug-likeness (QED) is 0.114. The first-order valence-corrected chi connectivity index (χ1v) is 20.2. The average molecular weight is 801 g/mol. The lowest BCUT2D eigenvalue weighted by Gasteiger charge is -2.32. The van der Waals surface area contributed by atoms with Crippen LogP contribution in [0.5, 0.6) is 5.75 Å². The monoisotopic (exact) mass is 799 g/mol. The molecular formula is C42H47Cl2N7O5. The number of fused-ring (bicyclic) bond motifs is 3. The number of carboxylic acids is 1. The predicted molar refractivity (Wildman–Crippen MR) is 215 cm³/mol. The summed E-state index contributed by atoms with van der Waals surface area (Å²) >= 11 is 14.1. The molecule has 4 aliphatic rings. The number of pyridine rings is 1. The molecule has 4 heterocycles. The first-order chi connectivity index (χ1) is 27.0. The first kappa shape index (κ1) is 38.4. The molecule has 14 heteroatoms. The van der Waals surface area contributed by atoms with Crippen LogP contribution in [0.1, 0.15) is 78.9 Å². The maximum absolute atomic E-state index is 13.8. The summed E-state index contributed by atoms with van der Waals surface area (Å²) in [4.78, 5) is 49.0. The van der Waals surface area contributed by atoms with Gasteiger partial charge in [-0.2, -0.15) is 0 Å². The maximum atomic E-state index is 13.8. The number of benzene rings is 2. The number of methoxy groups -OCH3 is 1. The van der Waals surface area contributed by atoms with E-state index in [0.717, 1.165) is 87.0 Å². The van der Waals surface area contributed by atoms with E-state index in [1.165, 1.54) is 0 Å². The topological polar surface area (TPSA) is 151 Å². The number of nitrogens with zero attached hydrogens (tertiary/aromatic N) is 4. The second-order valence-electron chi connectivity index (χ2n) is 16.0. The third-order valence-corrected chi connectivity index (χ3v) is 13.5. The summed E-state index contributed by atoms with van der Waals surface area (Å²) in [6, 6.07) is 13.2. The molecule has 0 radical (unpaired) electrons. The lowest BCUT2D eigenvalue weighted by Crippen LogP contribution is -2.35. The Hall–Kier alpha value is -4.49. The molecule has 3 fully saturated rings. The molecule has 4 N–H and O–H groups in total. The number of amides is 2. The number of halogens is 2. The predicted octanol–water partition coefficient (Wildman–Crippen LogP) is 6.87. The number of rotatable bonds is 13. The molecule has 0 spiro atoms. The van der Waals surface area contributed by atoms with E-state index in [4.69, 9.17) is 32.9 Å². The van der Waals surface area contributed by atoms with Gasteiger partial charge in [0.2, 0.25) is 5.91 Å². The van der Waals surface area contributed by atoms with Gasteiger partial charge in [-0.15, -0.1) is 0 Å². The fourth-order valence-corrected chi connectivity index (χ4v) is 10.0. The van der Waals surface area contributed by atoms with E-state index in [9.17, 15) is 19.5 Å². The maximum Gasteiger partial charge on any atom is 0.309 e. The molecule has 2 aromatic heterocycles. The second-order valence-corrected chi connectivity index (χ2v) is 16.8. The summed E-state index contributed by atoms with van der Waals surface area (Å²) in [5.74, 6) is 0.115. The summed E-state index contributed by atoms with van der Waals surface area (Å²) in [7, 11) is 3.50. The number of nitrogens with one attached hydrogen (secondary N) is 3. The van der Waals surface area contributed by atoms with Crippen LogP contribution in [0.4, 0.5) is 5.69 Å². The number of hydrogen-bond acceptors (Lipinski definition) is 8. The zero-order valence-corrected chi connectivity index (χ0v) is 33.2. The van der Waals surface area contributed by atoms with E-state index in [-0.39, 0.29) is 23.3 Å². The molecule has 56 heavy (non-hydrogen) atoms. The molecule has 4 aromatic rings. The average Bonchev–Trinajstić information content (AvgIpc) is 3.98. The van der Waals surface area contributed by atoms with E-state index in [1.807, 2.05) is 41.9 Å². The molecule has 2 aromatic carbocycles. The number of imidazole rings is 1. The van der Waals surface area contributed by atoms with Gasteiger partial charge in [0, 0.05) is 80.6 Å². The van der Waals surface area contributed by atoms with E-state index in [2.05, 4.69) is 25.8 Å². The molecule has 294 valence electrons. The Morgan fingerprint density at radius 3 is 2.61 bits per heavy atom. The lowest BCUT2D eigenvalue weighted by atomic mass is 9.80. The minimum Gasteiger partial charge on any atom is -0.496 e. The molecule has 12 nitrogen and oxygen atoms in total. The largest absolute Gasteiger partial charge is 0.496 e. The van der Waals surface area contributed by atoms with Gasteiger partial charge in [-0.1, -0.05) is 47.5 Å². The highest BCUT2D eigenvalue weighted by molar-refractivity contribution is 6.39. The molecule has 2 saturated carbocycles. The van der Waals surface area contributed by atoms with Gasteiger partial charge in [0.1, 0.15) is 5.75 Å². The number of ether oxygens (including phenoxy) is 1. The standard InChI is InChI=1S/C42H47Cl2N7O5/c1-50-32-23-51(19-16-41-12-14-42(24-41,15-13-41)40(54)55)18-11-30(32)48-38(50)39(53)49-31-5-3-4-28(35(31)43)29-10-17-46-37(36(29)44)25-6-7-26(33(20-25)56-2)21-45-22-27-8-9-34(52)47-27/h3-7,10,17,20,27,45H,8-9,11-16,18-19,21-24H2,1-2H3,(H,47,52)(H,49,53)(H,54,55)/t27-,41?,42?/m1/s1. The van der Waals surface area contributed by atoms with Gasteiger partial charge in [0.15, 0.2) is 5.82 Å². The Bertz CT molecular complexity index is 2200. The van der Waals surface area contributed by atoms with E-state index >= 15 is 0 Å². The van der Waals surface area contributed by atoms with Crippen LogP contribution < -0.4 is 20.7 Å².